The molecule has 0 aliphatic heterocycles. The predicted molar refractivity (Wildman–Crippen MR) is 46.4 cm³/mol. The van der Waals surface area contributed by atoms with Crippen LogP contribution in [0.4, 0.5) is 0 Å². The smallest absolute Gasteiger partial charge is 0.0426 e. The Morgan fingerprint density at radius 1 is 1.30 bits per heavy atom. The van der Waals surface area contributed by atoms with E-state index in [9.17, 15) is 0 Å². The van der Waals surface area contributed by atoms with E-state index in [0.717, 1.165) is 0 Å². The van der Waals surface area contributed by atoms with Crippen LogP contribution in [0.5, 0.6) is 0 Å². The van der Waals surface area contributed by atoms with Crippen LogP contribution in [0.15, 0.2) is 25.3 Å². The lowest BCUT2D eigenvalue weighted by atomic mass is 9.79. The van der Waals surface area contributed by atoms with E-state index in [1.807, 2.05) is 0 Å². The van der Waals surface area contributed by atoms with Crippen molar-refractivity contribution in [3.05, 3.63) is 25.3 Å². The van der Waals surface area contributed by atoms with Gasteiger partial charge in [-0.05, 0) is 5.92 Å². The van der Waals surface area contributed by atoms with Crippen molar-refractivity contribution >= 4 is 6.21 Å². The fourth-order valence-corrected chi connectivity index (χ4v) is 0.839. The van der Waals surface area contributed by atoms with E-state index in [4.69, 9.17) is 5.41 Å². The predicted octanol–water partition coefficient (Wildman–Crippen LogP) is 2.65. The Morgan fingerprint density at radius 2 is 1.70 bits per heavy atom. The lowest BCUT2D eigenvalue weighted by molar-refractivity contribution is 0.473. The Morgan fingerprint density at radius 3 is 1.70 bits per heavy atom. The Labute approximate surface area is 63.0 Å². The fraction of sp³-hybridized carbons (Fsp3) is 0.444. The summed E-state index contributed by atoms with van der Waals surface area (Å²) in [5.41, 5.74) is -0.306. The van der Waals surface area contributed by atoms with Crippen LogP contribution in [0.2, 0.25) is 0 Å². The van der Waals surface area contributed by atoms with Gasteiger partial charge >= 0.3 is 0 Å². The van der Waals surface area contributed by atoms with Gasteiger partial charge in [0.2, 0.25) is 0 Å². The topological polar surface area (TPSA) is 23.9 Å². The third kappa shape index (κ3) is 1.35. The molecule has 0 bridgehead atoms. The van der Waals surface area contributed by atoms with Gasteiger partial charge in [0.15, 0.2) is 0 Å². The molecule has 0 aromatic carbocycles. The first-order valence-corrected chi connectivity index (χ1v) is 3.41. The van der Waals surface area contributed by atoms with Crippen LogP contribution in [0.3, 0.4) is 0 Å². The average Bonchev–Trinajstić information content (AvgIpc) is 1.92. The zero-order valence-electron chi connectivity index (χ0n) is 6.72. The van der Waals surface area contributed by atoms with Crippen molar-refractivity contribution in [1.29, 1.82) is 5.41 Å². The molecule has 0 fully saturated rings. The van der Waals surface area contributed by atoms with Crippen LogP contribution in [-0.2, 0) is 0 Å². The molecular weight excluding hydrogens is 122 g/mol. The number of hydrogen-bond donors (Lipinski definition) is 1. The van der Waals surface area contributed by atoms with Gasteiger partial charge in [-0.3, -0.25) is 0 Å². The lowest BCUT2D eigenvalue weighted by Gasteiger charge is -2.25. The molecule has 0 aromatic rings. The van der Waals surface area contributed by atoms with Crippen LogP contribution in [-0.4, -0.2) is 6.21 Å². The summed E-state index contributed by atoms with van der Waals surface area (Å²) in [6.07, 6.45) is 4.91. The van der Waals surface area contributed by atoms with Gasteiger partial charge in [0.05, 0.1) is 0 Å². The summed E-state index contributed by atoms with van der Waals surface area (Å²) < 4.78 is 0. The molecule has 0 aliphatic rings. The summed E-state index contributed by atoms with van der Waals surface area (Å²) in [6.45, 7) is 11.4. The maximum Gasteiger partial charge on any atom is 0.0426 e. The molecule has 0 radical (unpaired) electrons. The van der Waals surface area contributed by atoms with Gasteiger partial charge < -0.3 is 5.41 Å². The van der Waals surface area contributed by atoms with E-state index in [-0.39, 0.29) is 5.41 Å². The van der Waals surface area contributed by atoms with E-state index < -0.39 is 0 Å². The van der Waals surface area contributed by atoms with Crippen LogP contribution in [0.1, 0.15) is 13.8 Å². The molecule has 0 aromatic heterocycles. The molecule has 0 saturated carbocycles. The van der Waals surface area contributed by atoms with Gasteiger partial charge in [-0.25, -0.2) is 0 Å². The average molecular weight is 137 g/mol. The van der Waals surface area contributed by atoms with Crippen molar-refractivity contribution in [3.63, 3.8) is 0 Å². The highest BCUT2D eigenvalue weighted by atomic mass is 14.4. The summed E-state index contributed by atoms with van der Waals surface area (Å²) in [7, 11) is 0. The van der Waals surface area contributed by atoms with Crippen molar-refractivity contribution < 1.29 is 0 Å². The van der Waals surface area contributed by atoms with Crippen LogP contribution < -0.4 is 0 Å². The Bertz CT molecular complexity index is 123. The van der Waals surface area contributed by atoms with E-state index in [1.165, 1.54) is 6.21 Å². The van der Waals surface area contributed by atoms with Gasteiger partial charge in [0.25, 0.3) is 0 Å². The minimum Gasteiger partial charge on any atom is -0.312 e. The second kappa shape index (κ2) is 3.35. The number of nitrogens with one attached hydrogen (secondary N) is 1. The quantitative estimate of drug-likeness (QED) is 0.455. The molecule has 10 heavy (non-hydrogen) atoms. The number of rotatable bonds is 4. The second-order valence-corrected chi connectivity index (χ2v) is 2.71. The SMILES string of the molecule is C=CC(C=C)(C=N)C(C)C. The van der Waals surface area contributed by atoms with Gasteiger partial charge in [0.1, 0.15) is 0 Å². The Balaban J connectivity index is 4.62. The molecule has 0 spiro atoms. The highest BCUT2D eigenvalue weighted by Crippen LogP contribution is 2.27. The first-order valence-electron chi connectivity index (χ1n) is 3.41. The molecule has 0 heterocycles. The summed E-state index contributed by atoms with van der Waals surface area (Å²) in [5.74, 6) is 0.361. The van der Waals surface area contributed by atoms with Gasteiger partial charge in [-0.2, -0.15) is 0 Å². The summed E-state index contributed by atoms with van der Waals surface area (Å²) in [4.78, 5) is 0. The van der Waals surface area contributed by atoms with E-state index >= 15 is 0 Å². The van der Waals surface area contributed by atoms with Crippen LogP contribution in [0, 0.1) is 16.7 Å². The maximum atomic E-state index is 7.17. The van der Waals surface area contributed by atoms with Crippen molar-refractivity contribution in [1.82, 2.24) is 0 Å². The summed E-state index contributed by atoms with van der Waals surface area (Å²) in [5, 5.41) is 7.17. The van der Waals surface area contributed by atoms with Gasteiger partial charge in [0, 0.05) is 11.6 Å². The van der Waals surface area contributed by atoms with Crippen molar-refractivity contribution in [3.8, 4) is 0 Å². The first-order chi connectivity index (χ1) is 4.63. The molecule has 1 heteroatoms. The monoisotopic (exact) mass is 137 g/mol. The molecule has 0 unspecified atom stereocenters. The molecule has 0 amide bonds. The fourth-order valence-electron chi connectivity index (χ4n) is 0.839. The molecular formula is C9H15N. The van der Waals surface area contributed by atoms with Crippen molar-refractivity contribution in [2.75, 3.05) is 0 Å². The van der Waals surface area contributed by atoms with Crippen molar-refractivity contribution in [2.45, 2.75) is 13.8 Å². The van der Waals surface area contributed by atoms with E-state index in [2.05, 4.69) is 27.0 Å². The van der Waals surface area contributed by atoms with Gasteiger partial charge in [-0.15, -0.1) is 13.2 Å². The number of hydrogen-bond acceptors (Lipinski definition) is 1. The summed E-state index contributed by atoms with van der Waals surface area (Å²) >= 11 is 0. The minimum absolute atomic E-state index is 0.306. The molecule has 1 nitrogen and oxygen atoms in total. The standard InChI is InChI=1S/C9H15N/c1-5-9(6-2,7-10)8(3)4/h5-8,10H,1-2H2,3-4H3. The Hall–Kier alpha value is -0.850. The molecule has 0 atom stereocenters. The van der Waals surface area contributed by atoms with E-state index in [1.54, 1.807) is 12.2 Å². The maximum absolute atomic E-state index is 7.17. The lowest BCUT2D eigenvalue weighted by Crippen LogP contribution is -2.22. The third-order valence-electron chi connectivity index (χ3n) is 1.96. The molecule has 56 valence electrons. The zero-order valence-corrected chi connectivity index (χ0v) is 6.72. The van der Waals surface area contributed by atoms with Gasteiger partial charge in [-0.1, -0.05) is 26.0 Å². The largest absolute Gasteiger partial charge is 0.312 e. The zero-order chi connectivity index (χ0) is 8.20. The van der Waals surface area contributed by atoms with Crippen molar-refractivity contribution in [2.24, 2.45) is 11.3 Å². The molecule has 0 aliphatic carbocycles. The Kier molecular flexibility index (Phi) is 3.07. The highest BCUT2D eigenvalue weighted by molar-refractivity contribution is 5.68. The third-order valence-corrected chi connectivity index (χ3v) is 1.96. The minimum atomic E-state index is -0.306. The highest BCUT2D eigenvalue weighted by Gasteiger charge is 2.23. The normalized spacial score (nSPS) is 11.1. The summed E-state index contributed by atoms with van der Waals surface area (Å²) in [6, 6.07) is 0. The second-order valence-electron chi connectivity index (χ2n) is 2.71. The van der Waals surface area contributed by atoms with E-state index in [0.29, 0.717) is 5.92 Å². The first kappa shape index (κ1) is 9.15. The van der Waals surface area contributed by atoms with Crippen LogP contribution >= 0.6 is 0 Å². The molecule has 1 N–H and O–H groups in total. The molecule has 0 rings (SSSR count). The van der Waals surface area contributed by atoms with Crippen LogP contribution in [0.25, 0.3) is 0 Å². The number of allylic oxidation sites excluding steroid dienone is 2. The molecule has 0 saturated heterocycles.